The molecule has 11 heavy (non-hydrogen) atoms. The molecule has 64 valence electrons. The van der Waals surface area contributed by atoms with E-state index in [-0.39, 0.29) is 17.0 Å². The molecular formula is C7H11BrO3. The van der Waals surface area contributed by atoms with Crippen molar-refractivity contribution in [2.45, 2.75) is 31.0 Å². The van der Waals surface area contributed by atoms with Gasteiger partial charge in [0.2, 0.25) is 0 Å². The number of rotatable bonds is 5. The minimum absolute atomic E-state index is 0.251. The van der Waals surface area contributed by atoms with Crippen molar-refractivity contribution in [2.75, 3.05) is 0 Å². The smallest absolute Gasteiger partial charge is 0.310 e. The van der Waals surface area contributed by atoms with Crippen molar-refractivity contribution in [1.29, 1.82) is 0 Å². The van der Waals surface area contributed by atoms with Crippen molar-refractivity contribution >= 4 is 27.7 Å². The topological polar surface area (TPSA) is 54.4 Å². The highest BCUT2D eigenvalue weighted by atomic mass is 79.9. The molecule has 0 saturated heterocycles. The van der Waals surface area contributed by atoms with Crippen molar-refractivity contribution in [3.63, 3.8) is 0 Å². The summed E-state index contributed by atoms with van der Waals surface area (Å²) in [5.74, 6) is -1.31. The van der Waals surface area contributed by atoms with Gasteiger partial charge in [-0.05, 0) is 6.42 Å². The average Bonchev–Trinajstić information content (AvgIpc) is 1.86. The second-order valence-corrected chi connectivity index (χ2v) is 3.40. The fourth-order valence-corrected chi connectivity index (χ4v) is 1.29. The SMILES string of the molecule is CCCC(Br)C(=O)CC(=O)O. The van der Waals surface area contributed by atoms with E-state index in [2.05, 4.69) is 15.9 Å². The molecule has 0 spiro atoms. The number of hydrogen-bond donors (Lipinski definition) is 1. The van der Waals surface area contributed by atoms with Crippen LogP contribution in [0.25, 0.3) is 0 Å². The van der Waals surface area contributed by atoms with Gasteiger partial charge in [0.05, 0.1) is 4.83 Å². The molecule has 0 amide bonds. The molecule has 0 aromatic carbocycles. The molecule has 0 radical (unpaired) electrons. The Morgan fingerprint density at radius 1 is 1.55 bits per heavy atom. The first-order valence-corrected chi connectivity index (χ1v) is 4.38. The third-order valence-corrected chi connectivity index (χ3v) is 2.19. The van der Waals surface area contributed by atoms with Gasteiger partial charge in [0.15, 0.2) is 5.78 Å². The van der Waals surface area contributed by atoms with Crippen LogP contribution in [0.4, 0.5) is 0 Å². The number of carboxylic acids is 1. The third kappa shape index (κ3) is 4.95. The van der Waals surface area contributed by atoms with Crippen LogP contribution < -0.4 is 0 Å². The van der Waals surface area contributed by atoms with Crippen LogP contribution in [0.1, 0.15) is 26.2 Å². The average molecular weight is 223 g/mol. The zero-order chi connectivity index (χ0) is 8.85. The van der Waals surface area contributed by atoms with E-state index in [1.54, 1.807) is 0 Å². The van der Waals surface area contributed by atoms with Crippen LogP contribution in [0.15, 0.2) is 0 Å². The molecule has 0 aliphatic heterocycles. The third-order valence-electron chi connectivity index (χ3n) is 1.22. The largest absolute Gasteiger partial charge is 0.481 e. The van der Waals surface area contributed by atoms with E-state index in [4.69, 9.17) is 5.11 Å². The Kier molecular flexibility index (Phi) is 5.11. The van der Waals surface area contributed by atoms with E-state index in [9.17, 15) is 9.59 Å². The number of carboxylic acid groups (broad SMARTS) is 1. The molecule has 0 aliphatic carbocycles. The highest BCUT2D eigenvalue weighted by Crippen LogP contribution is 2.10. The van der Waals surface area contributed by atoms with Crippen LogP contribution in [0.2, 0.25) is 0 Å². The molecule has 0 saturated carbocycles. The van der Waals surface area contributed by atoms with Gasteiger partial charge in [-0.1, -0.05) is 29.3 Å². The van der Waals surface area contributed by atoms with Gasteiger partial charge in [0, 0.05) is 0 Å². The van der Waals surface area contributed by atoms with E-state index in [0.717, 1.165) is 6.42 Å². The van der Waals surface area contributed by atoms with E-state index < -0.39 is 5.97 Å². The fraction of sp³-hybridized carbons (Fsp3) is 0.714. The number of hydrogen-bond acceptors (Lipinski definition) is 2. The predicted octanol–water partition coefficient (Wildman–Crippen LogP) is 1.59. The summed E-state index contributed by atoms with van der Waals surface area (Å²) in [6.07, 6.45) is 1.20. The van der Waals surface area contributed by atoms with E-state index >= 15 is 0 Å². The number of Topliss-reactive ketones (excluding diaryl/α,β-unsaturated/α-hetero) is 1. The number of ketones is 1. The molecule has 4 heteroatoms. The molecular weight excluding hydrogens is 212 g/mol. The maximum absolute atomic E-state index is 10.9. The van der Waals surface area contributed by atoms with Gasteiger partial charge in [-0.3, -0.25) is 9.59 Å². The minimum atomic E-state index is -1.06. The lowest BCUT2D eigenvalue weighted by atomic mass is 10.1. The molecule has 0 rings (SSSR count). The van der Waals surface area contributed by atoms with E-state index in [1.807, 2.05) is 6.92 Å². The normalized spacial score (nSPS) is 12.5. The Bertz CT molecular complexity index is 156. The molecule has 0 heterocycles. The van der Waals surface area contributed by atoms with Gasteiger partial charge in [-0.15, -0.1) is 0 Å². The lowest BCUT2D eigenvalue weighted by molar-refractivity contribution is -0.140. The van der Waals surface area contributed by atoms with Gasteiger partial charge in [0.1, 0.15) is 6.42 Å². The maximum Gasteiger partial charge on any atom is 0.310 e. The molecule has 1 N–H and O–H groups in total. The highest BCUT2D eigenvalue weighted by molar-refractivity contribution is 9.10. The summed E-state index contributed by atoms with van der Waals surface area (Å²) in [7, 11) is 0. The summed E-state index contributed by atoms with van der Waals surface area (Å²) in [6.45, 7) is 1.95. The lowest BCUT2D eigenvalue weighted by Gasteiger charge is -2.03. The molecule has 0 aliphatic rings. The van der Waals surface area contributed by atoms with E-state index in [1.165, 1.54) is 0 Å². The van der Waals surface area contributed by atoms with Crippen LogP contribution in [-0.2, 0) is 9.59 Å². The van der Waals surface area contributed by atoms with Gasteiger partial charge in [-0.2, -0.15) is 0 Å². The van der Waals surface area contributed by atoms with Crippen molar-refractivity contribution in [2.24, 2.45) is 0 Å². The molecule has 0 fully saturated rings. The Hall–Kier alpha value is -0.380. The van der Waals surface area contributed by atoms with Crippen molar-refractivity contribution < 1.29 is 14.7 Å². The Morgan fingerprint density at radius 2 is 2.09 bits per heavy atom. The summed E-state index contributed by atoms with van der Waals surface area (Å²) in [4.78, 5) is 20.7. The van der Waals surface area contributed by atoms with E-state index in [0.29, 0.717) is 6.42 Å². The second-order valence-electron chi connectivity index (χ2n) is 2.29. The summed E-state index contributed by atoms with van der Waals surface area (Å²) >= 11 is 3.12. The standard InChI is InChI=1S/C7H11BrO3/c1-2-3-5(8)6(9)4-7(10)11/h5H,2-4H2,1H3,(H,10,11). The van der Waals surface area contributed by atoms with Gasteiger partial charge in [-0.25, -0.2) is 0 Å². The molecule has 0 aromatic heterocycles. The van der Waals surface area contributed by atoms with Gasteiger partial charge >= 0.3 is 5.97 Å². The molecule has 1 unspecified atom stereocenters. The Morgan fingerprint density at radius 3 is 2.45 bits per heavy atom. The fourth-order valence-electron chi connectivity index (χ4n) is 0.674. The van der Waals surface area contributed by atoms with Gasteiger partial charge in [0.25, 0.3) is 0 Å². The number of carbonyl (C=O) groups is 2. The highest BCUT2D eigenvalue weighted by Gasteiger charge is 2.16. The summed E-state index contributed by atoms with van der Waals surface area (Å²) in [6, 6.07) is 0. The molecule has 3 nitrogen and oxygen atoms in total. The quantitative estimate of drug-likeness (QED) is 0.568. The first kappa shape index (κ1) is 10.6. The minimum Gasteiger partial charge on any atom is -0.481 e. The number of aliphatic carboxylic acids is 1. The molecule has 1 atom stereocenters. The Labute approximate surface area is 73.9 Å². The zero-order valence-corrected chi connectivity index (χ0v) is 7.93. The maximum atomic E-state index is 10.9. The lowest BCUT2D eigenvalue weighted by Crippen LogP contribution is -2.17. The monoisotopic (exact) mass is 222 g/mol. The van der Waals surface area contributed by atoms with Crippen LogP contribution in [0.3, 0.4) is 0 Å². The second kappa shape index (κ2) is 5.29. The van der Waals surface area contributed by atoms with Crippen LogP contribution >= 0.6 is 15.9 Å². The first-order valence-electron chi connectivity index (χ1n) is 3.46. The van der Waals surface area contributed by atoms with Crippen LogP contribution in [0.5, 0.6) is 0 Å². The summed E-state index contributed by atoms with van der Waals surface area (Å²) < 4.78 is 0. The summed E-state index contributed by atoms with van der Waals surface area (Å²) in [5, 5.41) is 8.26. The summed E-state index contributed by atoms with van der Waals surface area (Å²) in [5.41, 5.74) is 0. The number of carbonyl (C=O) groups excluding carboxylic acids is 1. The van der Waals surface area contributed by atoms with Crippen molar-refractivity contribution in [3.8, 4) is 0 Å². The Balaban J connectivity index is 3.73. The molecule has 0 bridgehead atoms. The zero-order valence-electron chi connectivity index (χ0n) is 6.34. The molecule has 0 aromatic rings. The number of alkyl halides is 1. The number of halogens is 1. The first-order chi connectivity index (χ1) is 5.07. The van der Waals surface area contributed by atoms with Crippen LogP contribution in [-0.4, -0.2) is 21.7 Å². The van der Waals surface area contributed by atoms with Crippen LogP contribution in [0, 0.1) is 0 Å². The van der Waals surface area contributed by atoms with Crippen molar-refractivity contribution in [3.05, 3.63) is 0 Å². The predicted molar refractivity (Wildman–Crippen MR) is 44.9 cm³/mol. The van der Waals surface area contributed by atoms with Gasteiger partial charge < -0.3 is 5.11 Å². The van der Waals surface area contributed by atoms with Crippen molar-refractivity contribution in [1.82, 2.24) is 0 Å².